The van der Waals surface area contributed by atoms with E-state index in [0.29, 0.717) is 0 Å². The monoisotopic (exact) mass is 299 g/mol. The maximum Gasteiger partial charge on any atom is 0.309 e. The molecule has 0 rings (SSSR count). The van der Waals surface area contributed by atoms with Gasteiger partial charge in [-0.2, -0.15) is 0 Å². The van der Waals surface area contributed by atoms with Gasteiger partial charge in [-0.15, -0.1) is 0 Å². The lowest BCUT2D eigenvalue weighted by Gasteiger charge is -2.19. The zero-order valence-corrected chi connectivity index (χ0v) is 14.8. The number of methoxy groups -OCH3 is 1. The average Bonchev–Trinajstić information content (AvgIpc) is 2.48. The molecule has 0 radical (unpaired) electrons. The lowest BCUT2D eigenvalue weighted by molar-refractivity contribution is -0.145. The van der Waals surface area contributed by atoms with E-state index in [9.17, 15) is 4.79 Å². The number of hydrogen-bond acceptors (Lipinski definition) is 3. The molecule has 1 unspecified atom stereocenters. The highest BCUT2D eigenvalue weighted by Crippen LogP contribution is 2.11. The van der Waals surface area contributed by atoms with Gasteiger partial charge in [0.2, 0.25) is 0 Å². The number of unbranched alkanes of at least 4 members (excludes halogenated alkanes) is 9. The minimum Gasteiger partial charge on any atom is -0.469 e. The summed E-state index contributed by atoms with van der Waals surface area (Å²) in [5, 5.41) is 0. The van der Waals surface area contributed by atoms with E-state index in [1.54, 1.807) is 0 Å². The van der Waals surface area contributed by atoms with Crippen molar-refractivity contribution in [3.05, 3.63) is 0 Å². The maximum absolute atomic E-state index is 11.3. The molecule has 0 aromatic heterocycles. The normalized spacial score (nSPS) is 12.6. The molecule has 0 aliphatic carbocycles. The molecule has 0 N–H and O–H groups in total. The zero-order chi connectivity index (χ0) is 15.9. The van der Waals surface area contributed by atoms with Gasteiger partial charge in [-0.25, -0.2) is 0 Å². The van der Waals surface area contributed by atoms with Gasteiger partial charge in [0.1, 0.15) is 0 Å². The lowest BCUT2D eigenvalue weighted by atomic mass is 10.1. The number of esters is 1. The van der Waals surface area contributed by atoms with E-state index < -0.39 is 0 Å². The SMILES string of the molecule is CCCCCCCCCCCCN(C)CC(C)C(=O)OC. The van der Waals surface area contributed by atoms with Crippen molar-refractivity contribution >= 4 is 5.97 Å². The third-order valence-electron chi connectivity index (χ3n) is 4.08. The molecule has 0 fully saturated rings. The Balaban J connectivity index is 3.32. The van der Waals surface area contributed by atoms with Crippen molar-refractivity contribution in [3.63, 3.8) is 0 Å². The highest BCUT2D eigenvalue weighted by Gasteiger charge is 2.14. The van der Waals surface area contributed by atoms with Crippen LogP contribution in [0.15, 0.2) is 0 Å². The Morgan fingerprint density at radius 2 is 1.43 bits per heavy atom. The molecule has 21 heavy (non-hydrogen) atoms. The highest BCUT2D eigenvalue weighted by molar-refractivity contribution is 5.71. The molecule has 0 bridgehead atoms. The Kier molecular flexibility index (Phi) is 14.0. The third-order valence-corrected chi connectivity index (χ3v) is 4.08. The molecule has 0 aromatic carbocycles. The van der Waals surface area contributed by atoms with Crippen molar-refractivity contribution in [1.82, 2.24) is 4.90 Å². The lowest BCUT2D eigenvalue weighted by Crippen LogP contribution is -2.30. The summed E-state index contributed by atoms with van der Waals surface area (Å²) >= 11 is 0. The first-order valence-electron chi connectivity index (χ1n) is 8.88. The van der Waals surface area contributed by atoms with Gasteiger partial charge in [-0.1, -0.05) is 71.6 Å². The van der Waals surface area contributed by atoms with E-state index in [0.717, 1.165) is 13.1 Å². The second kappa shape index (κ2) is 14.4. The zero-order valence-electron chi connectivity index (χ0n) is 14.8. The second-order valence-electron chi connectivity index (χ2n) is 6.37. The summed E-state index contributed by atoms with van der Waals surface area (Å²) in [6.07, 6.45) is 13.7. The summed E-state index contributed by atoms with van der Waals surface area (Å²) in [7, 11) is 3.55. The molecule has 0 aliphatic heterocycles. The van der Waals surface area contributed by atoms with Gasteiger partial charge in [-0.05, 0) is 20.0 Å². The van der Waals surface area contributed by atoms with E-state index in [1.807, 2.05) is 6.92 Å². The number of ether oxygens (including phenoxy) is 1. The molecule has 3 nitrogen and oxygen atoms in total. The van der Waals surface area contributed by atoms with E-state index >= 15 is 0 Å². The molecule has 0 spiro atoms. The molecule has 0 heterocycles. The quantitative estimate of drug-likeness (QED) is 0.345. The predicted octanol–water partition coefficient (Wildman–Crippen LogP) is 4.65. The van der Waals surface area contributed by atoms with Crippen molar-refractivity contribution in [2.75, 3.05) is 27.2 Å². The second-order valence-corrected chi connectivity index (χ2v) is 6.37. The molecule has 1 atom stereocenters. The van der Waals surface area contributed by atoms with Crippen LogP contribution in [0.5, 0.6) is 0 Å². The van der Waals surface area contributed by atoms with Gasteiger partial charge in [0.15, 0.2) is 0 Å². The average molecular weight is 299 g/mol. The number of carbonyl (C=O) groups is 1. The fraction of sp³-hybridized carbons (Fsp3) is 0.944. The summed E-state index contributed by atoms with van der Waals surface area (Å²) in [6.45, 7) is 6.08. The number of rotatable bonds is 14. The molecule has 0 saturated heterocycles. The van der Waals surface area contributed by atoms with Crippen LogP contribution in [-0.2, 0) is 9.53 Å². The van der Waals surface area contributed by atoms with Crippen molar-refractivity contribution in [1.29, 1.82) is 0 Å². The Hall–Kier alpha value is -0.570. The van der Waals surface area contributed by atoms with E-state index in [2.05, 4.69) is 18.9 Å². The largest absolute Gasteiger partial charge is 0.469 e. The first-order valence-corrected chi connectivity index (χ1v) is 8.88. The molecule has 3 heteroatoms. The Morgan fingerprint density at radius 1 is 0.952 bits per heavy atom. The third kappa shape index (κ3) is 12.9. The van der Waals surface area contributed by atoms with Crippen LogP contribution in [0.25, 0.3) is 0 Å². The predicted molar refractivity (Wildman–Crippen MR) is 90.5 cm³/mol. The van der Waals surface area contributed by atoms with E-state index in [4.69, 9.17) is 4.74 Å². The van der Waals surface area contributed by atoms with Gasteiger partial charge >= 0.3 is 5.97 Å². The molecular weight excluding hydrogens is 262 g/mol. The molecule has 126 valence electrons. The number of hydrogen-bond donors (Lipinski definition) is 0. The summed E-state index contributed by atoms with van der Waals surface area (Å²) in [5.74, 6) is -0.131. The Morgan fingerprint density at radius 3 is 1.90 bits per heavy atom. The van der Waals surface area contributed by atoms with E-state index in [-0.39, 0.29) is 11.9 Å². The summed E-state index contributed by atoms with van der Waals surface area (Å²) in [5.41, 5.74) is 0. The van der Waals surface area contributed by atoms with Gasteiger partial charge in [-0.3, -0.25) is 4.79 Å². The molecule has 0 saturated carbocycles. The summed E-state index contributed by atoms with van der Waals surface area (Å²) in [4.78, 5) is 13.6. The van der Waals surface area contributed by atoms with Gasteiger partial charge < -0.3 is 9.64 Å². The minimum atomic E-state index is -0.107. The van der Waals surface area contributed by atoms with Crippen LogP contribution in [0.1, 0.15) is 78.1 Å². The van der Waals surface area contributed by atoms with Crippen LogP contribution in [0, 0.1) is 5.92 Å². The van der Waals surface area contributed by atoms with Gasteiger partial charge in [0.05, 0.1) is 13.0 Å². The Bertz CT molecular complexity index is 243. The fourth-order valence-electron chi connectivity index (χ4n) is 2.70. The van der Waals surface area contributed by atoms with Gasteiger partial charge in [0, 0.05) is 6.54 Å². The summed E-state index contributed by atoms with van der Waals surface area (Å²) < 4.78 is 4.75. The molecule has 0 aromatic rings. The van der Waals surface area contributed by atoms with Crippen LogP contribution in [0.3, 0.4) is 0 Å². The fourth-order valence-corrected chi connectivity index (χ4v) is 2.70. The molecular formula is C18H37NO2. The topological polar surface area (TPSA) is 29.5 Å². The first kappa shape index (κ1) is 20.4. The first-order chi connectivity index (χ1) is 10.1. The maximum atomic E-state index is 11.3. The molecule has 0 aliphatic rings. The van der Waals surface area contributed by atoms with Crippen LogP contribution < -0.4 is 0 Å². The summed E-state index contributed by atoms with van der Waals surface area (Å²) in [6, 6.07) is 0. The van der Waals surface area contributed by atoms with Crippen molar-refractivity contribution in [2.45, 2.75) is 78.1 Å². The van der Waals surface area contributed by atoms with Crippen LogP contribution in [-0.4, -0.2) is 38.1 Å². The smallest absolute Gasteiger partial charge is 0.309 e. The van der Waals surface area contributed by atoms with Crippen LogP contribution >= 0.6 is 0 Å². The van der Waals surface area contributed by atoms with Crippen LogP contribution in [0.2, 0.25) is 0 Å². The van der Waals surface area contributed by atoms with Crippen molar-refractivity contribution in [3.8, 4) is 0 Å². The van der Waals surface area contributed by atoms with Crippen molar-refractivity contribution < 1.29 is 9.53 Å². The minimum absolute atomic E-state index is 0.0249. The number of carbonyl (C=O) groups excluding carboxylic acids is 1. The van der Waals surface area contributed by atoms with Crippen molar-refractivity contribution in [2.24, 2.45) is 5.92 Å². The Labute approximate surface area is 132 Å². The number of nitrogens with zero attached hydrogens (tertiary/aromatic N) is 1. The van der Waals surface area contributed by atoms with Crippen LogP contribution in [0.4, 0.5) is 0 Å². The van der Waals surface area contributed by atoms with E-state index in [1.165, 1.54) is 71.3 Å². The van der Waals surface area contributed by atoms with Gasteiger partial charge in [0.25, 0.3) is 0 Å². The highest BCUT2D eigenvalue weighted by atomic mass is 16.5. The molecule has 0 amide bonds. The standard InChI is InChI=1S/C18H37NO2/c1-5-6-7-8-9-10-11-12-13-14-15-19(3)16-17(2)18(20)21-4/h17H,5-16H2,1-4H3.